The molecule has 0 heterocycles. The van der Waals surface area contributed by atoms with E-state index in [-0.39, 0.29) is 9.37 Å². The van der Waals surface area contributed by atoms with Crippen LogP contribution in [0.25, 0.3) is 0 Å². The van der Waals surface area contributed by atoms with Gasteiger partial charge in [0.1, 0.15) is 4.90 Å². The zero-order chi connectivity index (χ0) is 9.35. The van der Waals surface area contributed by atoms with Crippen molar-refractivity contribution in [3.63, 3.8) is 0 Å². The van der Waals surface area contributed by atoms with Gasteiger partial charge >= 0.3 is 10.2 Å². The van der Waals surface area contributed by atoms with Crippen molar-refractivity contribution in [3.05, 3.63) is 27.1 Å². The van der Waals surface area contributed by atoms with Crippen molar-refractivity contribution >= 4 is 42.1 Å². The monoisotopic (exact) mass is 316 g/mol. The van der Waals surface area contributed by atoms with E-state index >= 15 is 0 Å². The van der Waals surface area contributed by atoms with E-state index in [9.17, 15) is 12.3 Å². The van der Waals surface area contributed by atoms with Gasteiger partial charge in [-0.1, -0.05) is 15.9 Å². The molecule has 0 saturated carbocycles. The van der Waals surface area contributed by atoms with Crippen LogP contribution in [0.4, 0.5) is 3.89 Å². The van der Waals surface area contributed by atoms with Crippen molar-refractivity contribution in [2.75, 3.05) is 0 Å². The van der Waals surface area contributed by atoms with Crippen LogP contribution in [0, 0.1) is 0 Å². The van der Waals surface area contributed by atoms with Crippen LogP contribution >= 0.6 is 31.9 Å². The molecule has 0 unspecified atom stereocenters. The summed E-state index contributed by atoms with van der Waals surface area (Å²) in [5.74, 6) is 0. The van der Waals surface area contributed by atoms with Crippen LogP contribution in [0.3, 0.4) is 0 Å². The maximum Gasteiger partial charge on any atom is 0.333 e. The summed E-state index contributed by atoms with van der Waals surface area (Å²) in [6.45, 7) is 0. The summed E-state index contributed by atoms with van der Waals surface area (Å²) < 4.78 is 34.2. The molecule has 1 aromatic rings. The smallest absolute Gasteiger partial charge is 0.189 e. The highest BCUT2D eigenvalue weighted by molar-refractivity contribution is 9.11. The van der Waals surface area contributed by atoms with Crippen LogP contribution in [0.15, 0.2) is 32.0 Å². The molecule has 0 atom stereocenters. The molecular formula is C6H3Br2FO2S. The first-order valence-corrected chi connectivity index (χ1v) is 5.78. The largest absolute Gasteiger partial charge is 0.333 e. The molecule has 2 nitrogen and oxygen atoms in total. The van der Waals surface area contributed by atoms with Gasteiger partial charge in [0.2, 0.25) is 0 Å². The van der Waals surface area contributed by atoms with Gasteiger partial charge in [-0.3, -0.25) is 0 Å². The standard InChI is InChI=1S/C6H3Br2FO2S/c7-4-1-2-6(5(8)3-4)12(9,10)11/h1-3H. The van der Waals surface area contributed by atoms with Crippen molar-refractivity contribution in [1.82, 2.24) is 0 Å². The van der Waals surface area contributed by atoms with Gasteiger partial charge < -0.3 is 0 Å². The van der Waals surface area contributed by atoms with Crippen LogP contribution in [-0.2, 0) is 10.2 Å². The molecule has 0 fully saturated rings. The highest BCUT2D eigenvalue weighted by Crippen LogP contribution is 2.26. The molecule has 0 saturated heterocycles. The van der Waals surface area contributed by atoms with Gasteiger partial charge in [0.25, 0.3) is 0 Å². The molecule has 0 amide bonds. The lowest BCUT2D eigenvalue weighted by molar-refractivity contribution is 0.551. The summed E-state index contributed by atoms with van der Waals surface area (Å²) >= 11 is 6.05. The molecule has 0 aliphatic heterocycles. The first-order chi connectivity index (χ1) is 5.41. The van der Waals surface area contributed by atoms with Crippen molar-refractivity contribution in [1.29, 1.82) is 0 Å². The number of halogens is 3. The van der Waals surface area contributed by atoms with Crippen molar-refractivity contribution < 1.29 is 12.3 Å². The second kappa shape index (κ2) is 3.43. The molecule has 0 aliphatic carbocycles. The molecule has 0 aromatic heterocycles. The quantitative estimate of drug-likeness (QED) is 0.746. The zero-order valence-corrected chi connectivity index (χ0v) is 9.58. The minimum Gasteiger partial charge on any atom is -0.189 e. The Kier molecular flexibility index (Phi) is 2.90. The van der Waals surface area contributed by atoms with E-state index < -0.39 is 10.2 Å². The first-order valence-electron chi connectivity index (χ1n) is 2.81. The second-order valence-corrected chi connectivity index (χ2v) is 5.10. The van der Waals surface area contributed by atoms with Crippen LogP contribution < -0.4 is 0 Å². The number of hydrogen-bond donors (Lipinski definition) is 0. The van der Waals surface area contributed by atoms with Gasteiger partial charge in [-0.25, -0.2) is 0 Å². The lowest BCUT2D eigenvalue weighted by atomic mass is 10.4. The lowest BCUT2D eigenvalue weighted by Gasteiger charge is -1.98. The van der Waals surface area contributed by atoms with Gasteiger partial charge in [-0.05, 0) is 34.1 Å². The Hall–Kier alpha value is 0.0600. The Morgan fingerprint density at radius 3 is 2.25 bits per heavy atom. The van der Waals surface area contributed by atoms with Crippen LogP contribution in [-0.4, -0.2) is 8.42 Å². The van der Waals surface area contributed by atoms with E-state index in [1.54, 1.807) is 0 Å². The SMILES string of the molecule is O=S(=O)(F)c1ccc(Br)cc1Br. The summed E-state index contributed by atoms with van der Waals surface area (Å²) in [5, 5.41) is 0. The molecule has 6 heteroatoms. The maximum atomic E-state index is 12.4. The van der Waals surface area contributed by atoms with Gasteiger partial charge in [0.15, 0.2) is 0 Å². The lowest BCUT2D eigenvalue weighted by Crippen LogP contribution is -1.92. The zero-order valence-electron chi connectivity index (χ0n) is 5.59. The van der Waals surface area contributed by atoms with Gasteiger partial charge in [-0.2, -0.15) is 8.42 Å². The summed E-state index contributed by atoms with van der Waals surface area (Å²) in [6, 6.07) is 4.10. The molecule has 0 radical (unpaired) electrons. The minimum absolute atomic E-state index is 0.208. The fraction of sp³-hybridized carbons (Fsp3) is 0. The summed E-state index contributed by atoms with van der Waals surface area (Å²) in [4.78, 5) is -0.356. The Morgan fingerprint density at radius 2 is 1.83 bits per heavy atom. The Balaban J connectivity index is 3.39. The highest BCUT2D eigenvalue weighted by Gasteiger charge is 2.15. The van der Waals surface area contributed by atoms with Crippen LogP contribution in [0.5, 0.6) is 0 Å². The summed E-state index contributed by atoms with van der Waals surface area (Å²) in [5.41, 5.74) is 0. The Labute approximate surface area is 86.3 Å². The van der Waals surface area contributed by atoms with Crippen molar-refractivity contribution in [2.24, 2.45) is 0 Å². The van der Waals surface area contributed by atoms with E-state index in [2.05, 4.69) is 31.9 Å². The predicted octanol–water partition coefficient (Wildman–Crippen LogP) is 2.87. The number of hydrogen-bond acceptors (Lipinski definition) is 2. The topological polar surface area (TPSA) is 34.1 Å². The summed E-state index contributed by atoms with van der Waals surface area (Å²) in [6.07, 6.45) is 0. The third-order valence-corrected chi connectivity index (χ3v) is 3.45. The average Bonchev–Trinajstić information content (AvgIpc) is 1.83. The van der Waals surface area contributed by atoms with Gasteiger partial charge in [-0.15, -0.1) is 3.89 Å². The number of benzene rings is 1. The Morgan fingerprint density at radius 1 is 1.25 bits per heavy atom. The molecule has 0 N–H and O–H groups in total. The predicted molar refractivity (Wildman–Crippen MR) is 50.1 cm³/mol. The van der Waals surface area contributed by atoms with E-state index in [1.807, 2.05) is 0 Å². The molecule has 12 heavy (non-hydrogen) atoms. The molecule has 1 rings (SSSR count). The third-order valence-electron chi connectivity index (χ3n) is 1.16. The van der Waals surface area contributed by atoms with Gasteiger partial charge in [0.05, 0.1) is 0 Å². The average molecular weight is 318 g/mol. The normalized spacial score (nSPS) is 11.6. The molecule has 1 aromatic carbocycles. The molecule has 0 aliphatic rings. The van der Waals surface area contributed by atoms with Gasteiger partial charge in [0, 0.05) is 8.95 Å². The van der Waals surface area contributed by atoms with Crippen LogP contribution in [0.1, 0.15) is 0 Å². The van der Waals surface area contributed by atoms with Crippen molar-refractivity contribution in [2.45, 2.75) is 4.90 Å². The first kappa shape index (κ1) is 10.1. The molecule has 66 valence electrons. The van der Waals surface area contributed by atoms with E-state index in [0.717, 1.165) is 0 Å². The van der Waals surface area contributed by atoms with E-state index in [1.165, 1.54) is 18.2 Å². The minimum atomic E-state index is -4.62. The fourth-order valence-corrected chi connectivity index (χ4v) is 2.82. The molecular weight excluding hydrogens is 315 g/mol. The highest BCUT2D eigenvalue weighted by atomic mass is 79.9. The Bertz CT molecular complexity index is 402. The van der Waals surface area contributed by atoms with E-state index in [0.29, 0.717) is 4.47 Å². The van der Waals surface area contributed by atoms with Crippen molar-refractivity contribution in [3.8, 4) is 0 Å². The maximum absolute atomic E-state index is 12.4. The van der Waals surface area contributed by atoms with Crippen LogP contribution in [0.2, 0.25) is 0 Å². The number of rotatable bonds is 1. The third kappa shape index (κ3) is 2.27. The summed E-state index contributed by atoms with van der Waals surface area (Å²) in [7, 11) is -4.62. The molecule has 0 spiro atoms. The fourth-order valence-electron chi connectivity index (χ4n) is 0.673. The van der Waals surface area contributed by atoms with E-state index in [4.69, 9.17) is 0 Å². The second-order valence-electron chi connectivity index (χ2n) is 2.01. The molecule has 0 bridgehead atoms.